The monoisotopic (exact) mass is 307 g/mol. The molecule has 2 aromatic rings. The molecule has 1 aliphatic rings. The molecule has 1 unspecified atom stereocenters. The van der Waals surface area contributed by atoms with E-state index in [0.717, 1.165) is 23.1 Å². The zero-order valence-electron chi connectivity index (χ0n) is 12.9. The third kappa shape index (κ3) is 3.26. The van der Waals surface area contributed by atoms with Gasteiger partial charge in [0, 0.05) is 13.0 Å². The Balaban J connectivity index is 1.76. The summed E-state index contributed by atoms with van der Waals surface area (Å²) in [6.07, 6.45) is 1.77. The van der Waals surface area contributed by atoms with Crippen molar-refractivity contribution in [2.45, 2.75) is 25.3 Å². The Bertz CT molecular complexity index is 712. The summed E-state index contributed by atoms with van der Waals surface area (Å²) in [7, 11) is 0. The van der Waals surface area contributed by atoms with Crippen molar-refractivity contribution >= 4 is 11.8 Å². The first-order chi connectivity index (χ1) is 11.2. The zero-order valence-corrected chi connectivity index (χ0v) is 12.9. The van der Waals surface area contributed by atoms with Crippen molar-refractivity contribution < 1.29 is 9.59 Å². The molecule has 0 bridgehead atoms. The van der Waals surface area contributed by atoms with Crippen LogP contribution in [0.4, 0.5) is 0 Å². The van der Waals surface area contributed by atoms with Gasteiger partial charge in [0.2, 0.25) is 11.8 Å². The Morgan fingerprint density at radius 3 is 2.74 bits per heavy atom. The number of hydrogen-bond donors (Lipinski definition) is 1. The van der Waals surface area contributed by atoms with Gasteiger partial charge in [-0.25, -0.2) is 0 Å². The minimum Gasteiger partial charge on any atom is -0.368 e. The molecular weight excluding hydrogens is 288 g/mol. The summed E-state index contributed by atoms with van der Waals surface area (Å²) in [5.41, 5.74) is 8.56. The van der Waals surface area contributed by atoms with Crippen LogP contribution in [-0.2, 0) is 22.4 Å². The molecule has 4 heteroatoms. The molecule has 2 N–H and O–H groups in total. The predicted molar refractivity (Wildman–Crippen MR) is 87.4 cm³/mol. The number of benzene rings is 2. The Morgan fingerprint density at radius 1 is 1.22 bits per heavy atom. The number of nitrogens with two attached hydrogens (primary N) is 1. The van der Waals surface area contributed by atoms with E-state index in [-0.39, 0.29) is 5.91 Å². The van der Waals surface area contributed by atoms with Gasteiger partial charge < -0.3 is 10.6 Å². The molecule has 23 heavy (non-hydrogen) atoms. The maximum Gasteiger partial charge on any atom is 0.244 e. The number of carbonyl (C=O) groups excluding carboxylic acids is 2. The maximum absolute atomic E-state index is 12.6. The van der Waals surface area contributed by atoms with Gasteiger partial charge in [0.25, 0.3) is 0 Å². The van der Waals surface area contributed by atoms with Crippen LogP contribution >= 0.6 is 0 Å². The van der Waals surface area contributed by atoms with Gasteiger partial charge in [0.15, 0.2) is 0 Å². The van der Waals surface area contributed by atoms with Crippen molar-refractivity contribution in [2.75, 3.05) is 6.54 Å². The predicted octanol–water partition coefficient (Wildman–Crippen LogP) is 2.03. The number of fused-ring (bicyclic) bond motifs is 1. The van der Waals surface area contributed by atoms with E-state index in [9.17, 15) is 9.59 Å². The van der Waals surface area contributed by atoms with Gasteiger partial charge in [-0.3, -0.25) is 9.59 Å². The van der Waals surface area contributed by atoms with E-state index < -0.39 is 11.9 Å². The minimum absolute atomic E-state index is 0.0314. The van der Waals surface area contributed by atoms with Crippen LogP contribution in [-0.4, -0.2) is 23.3 Å². The molecule has 0 aliphatic carbocycles. The molecule has 0 saturated carbocycles. The highest BCUT2D eigenvalue weighted by Gasteiger charge is 2.34. The van der Waals surface area contributed by atoms with Crippen molar-refractivity contribution in [3.05, 3.63) is 71.3 Å². The van der Waals surface area contributed by atoms with E-state index >= 15 is 0 Å². The van der Waals surface area contributed by atoms with Gasteiger partial charge in [-0.15, -0.1) is 0 Å². The van der Waals surface area contributed by atoms with Gasteiger partial charge in [-0.05, 0) is 35.6 Å². The molecule has 3 rings (SSSR count). The summed E-state index contributed by atoms with van der Waals surface area (Å²) < 4.78 is 0. The van der Waals surface area contributed by atoms with Crippen LogP contribution in [0.15, 0.2) is 48.5 Å². The fraction of sp³-hybridized carbons (Fsp3) is 0.263. The first kappa shape index (κ1) is 15.3. The lowest BCUT2D eigenvalue weighted by Crippen LogP contribution is -2.45. The average molecular weight is 307 g/mol. The second-order valence-electron chi connectivity index (χ2n) is 5.75. The number of amides is 2. The molecule has 2 aromatic carbocycles. The Morgan fingerprint density at radius 2 is 2.00 bits per heavy atom. The third-order valence-corrected chi connectivity index (χ3v) is 4.28. The Kier molecular flexibility index (Phi) is 4.42. The third-order valence-electron chi connectivity index (χ3n) is 4.28. The number of carbonyl (C=O) groups is 2. The summed E-state index contributed by atoms with van der Waals surface area (Å²) in [6.45, 7) is 0.520. The topological polar surface area (TPSA) is 63.4 Å². The van der Waals surface area contributed by atoms with Gasteiger partial charge in [0.05, 0.1) is 0 Å². The van der Waals surface area contributed by atoms with E-state index in [1.165, 1.54) is 0 Å². The lowest BCUT2D eigenvalue weighted by Gasteiger charge is -2.35. The number of nitrogens with zero attached hydrogens (tertiary/aromatic N) is 1. The largest absolute Gasteiger partial charge is 0.368 e. The van der Waals surface area contributed by atoms with Gasteiger partial charge in [-0.2, -0.15) is 0 Å². The van der Waals surface area contributed by atoms with Crippen LogP contribution in [0.5, 0.6) is 0 Å². The molecule has 1 heterocycles. The molecule has 117 valence electrons. The smallest absolute Gasteiger partial charge is 0.244 e. The number of hydrogen-bond acceptors (Lipinski definition) is 2. The number of aryl methyl sites for hydroxylation is 1. The fourth-order valence-corrected chi connectivity index (χ4v) is 3.11. The number of rotatable bonds is 4. The molecule has 0 fully saturated rings. The normalized spacial score (nSPS) is 16.7. The van der Waals surface area contributed by atoms with Crippen LogP contribution in [0, 0.1) is 6.07 Å². The molecule has 1 atom stereocenters. The standard InChI is InChI=1S/C19H19N2O2/c20-19(23)18-16-9-5-4-8-15(16)12-13-21(18)17(22)11-10-14-6-2-1-3-7-14/h1-3,5-9,18H,10-13H2,(H2,20,23). The van der Waals surface area contributed by atoms with Gasteiger partial charge in [0.1, 0.15) is 6.04 Å². The molecular formula is C19H19N2O2. The number of primary amides is 1. The van der Waals surface area contributed by atoms with Crippen molar-refractivity contribution in [1.82, 2.24) is 4.90 Å². The van der Waals surface area contributed by atoms with Gasteiger partial charge in [-0.1, -0.05) is 48.5 Å². The van der Waals surface area contributed by atoms with Crippen LogP contribution in [0.25, 0.3) is 0 Å². The van der Waals surface area contributed by atoms with E-state index in [0.29, 0.717) is 19.4 Å². The van der Waals surface area contributed by atoms with Crippen LogP contribution < -0.4 is 5.73 Å². The van der Waals surface area contributed by atoms with E-state index in [4.69, 9.17) is 5.73 Å². The fourth-order valence-electron chi connectivity index (χ4n) is 3.11. The summed E-state index contributed by atoms with van der Waals surface area (Å²) >= 11 is 0. The Hall–Kier alpha value is -2.62. The summed E-state index contributed by atoms with van der Waals surface area (Å²) in [5, 5.41) is 0. The molecule has 0 saturated heterocycles. The highest BCUT2D eigenvalue weighted by atomic mass is 16.2. The highest BCUT2D eigenvalue weighted by molar-refractivity contribution is 5.88. The molecule has 4 nitrogen and oxygen atoms in total. The SMILES string of the molecule is NC(=O)C1c2cc[c]cc2CCN1C(=O)CCc1ccccc1. The molecule has 1 radical (unpaired) electrons. The molecule has 1 aliphatic heterocycles. The summed E-state index contributed by atoms with van der Waals surface area (Å²) in [5.74, 6) is -0.513. The van der Waals surface area contributed by atoms with Crippen LogP contribution in [0.1, 0.15) is 29.2 Å². The zero-order chi connectivity index (χ0) is 16.2. The van der Waals surface area contributed by atoms with Crippen LogP contribution in [0.3, 0.4) is 0 Å². The molecule has 2 amide bonds. The van der Waals surface area contributed by atoms with Crippen molar-refractivity contribution in [2.24, 2.45) is 5.73 Å². The first-order valence-electron chi connectivity index (χ1n) is 7.78. The summed E-state index contributed by atoms with van der Waals surface area (Å²) in [4.78, 5) is 26.1. The van der Waals surface area contributed by atoms with Crippen molar-refractivity contribution in [3.63, 3.8) is 0 Å². The molecule has 0 spiro atoms. The van der Waals surface area contributed by atoms with Crippen molar-refractivity contribution in [1.29, 1.82) is 0 Å². The maximum atomic E-state index is 12.6. The van der Waals surface area contributed by atoms with E-state index in [1.54, 1.807) is 11.0 Å². The average Bonchev–Trinajstić information content (AvgIpc) is 2.59. The highest BCUT2D eigenvalue weighted by Crippen LogP contribution is 2.30. The molecule has 0 aromatic heterocycles. The van der Waals surface area contributed by atoms with Crippen molar-refractivity contribution in [3.8, 4) is 0 Å². The first-order valence-corrected chi connectivity index (χ1v) is 7.78. The van der Waals surface area contributed by atoms with Crippen LogP contribution in [0.2, 0.25) is 0 Å². The quantitative estimate of drug-likeness (QED) is 0.939. The lowest BCUT2D eigenvalue weighted by atomic mass is 9.91. The van der Waals surface area contributed by atoms with E-state index in [2.05, 4.69) is 6.07 Å². The second kappa shape index (κ2) is 6.65. The van der Waals surface area contributed by atoms with Gasteiger partial charge >= 0.3 is 0 Å². The lowest BCUT2D eigenvalue weighted by molar-refractivity contribution is -0.140. The summed E-state index contributed by atoms with van der Waals surface area (Å²) in [6, 6.07) is 17.7. The minimum atomic E-state index is -0.670. The Labute approximate surface area is 135 Å². The second-order valence-corrected chi connectivity index (χ2v) is 5.75. The van der Waals surface area contributed by atoms with E-state index in [1.807, 2.05) is 42.5 Å².